The maximum Gasteiger partial charge on any atom is 0.123 e. The monoisotopic (exact) mass is 148 g/mol. The maximum atomic E-state index is 5.20. The smallest absolute Gasteiger partial charge is 0.123 e. The van der Waals surface area contributed by atoms with E-state index in [2.05, 4.69) is 11.4 Å². The molecule has 2 rings (SSSR count). The van der Waals surface area contributed by atoms with Crippen LogP contribution in [0.15, 0.2) is 18.2 Å². The lowest BCUT2D eigenvalue weighted by molar-refractivity contribution is 0.409. The molecule has 0 atom stereocenters. The average Bonchev–Trinajstić information content (AvgIpc) is 2.50. The first-order valence-electron chi connectivity index (χ1n) is 3.70. The van der Waals surface area contributed by atoms with E-state index < -0.39 is 0 Å². The quantitative estimate of drug-likeness (QED) is 0.589. The summed E-state index contributed by atoms with van der Waals surface area (Å²) in [7, 11) is 1.70. The summed E-state index contributed by atoms with van der Waals surface area (Å²) in [5.41, 5.74) is 2.57. The first-order valence-corrected chi connectivity index (χ1v) is 3.70. The third-order valence-corrected chi connectivity index (χ3v) is 2.00. The molecule has 0 saturated carbocycles. The van der Waals surface area contributed by atoms with Gasteiger partial charge in [-0.05, 0) is 11.6 Å². The van der Waals surface area contributed by atoms with Crippen LogP contribution in [0.3, 0.4) is 0 Å². The Kier molecular flexibility index (Phi) is 1.55. The van der Waals surface area contributed by atoms with Crippen LogP contribution in [0, 0.1) is 0 Å². The Morgan fingerprint density at radius 2 is 2.27 bits per heavy atom. The fourth-order valence-electron chi connectivity index (χ4n) is 1.42. The highest BCUT2D eigenvalue weighted by Crippen LogP contribution is 2.26. The average molecular weight is 148 g/mol. The number of methoxy groups -OCH3 is 1. The van der Waals surface area contributed by atoms with Crippen LogP contribution in [0.1, 0.15) is 11.1 Å². The Labute approximate surface area is 66.2 Å². The summed E-state index contributed by atoms with van der Waals surface area (Å²) in [6.45, 7) is 1.67. The molecule has 0 unspecified atom stereocenters. The first-order chi connectivity index (χ1) is 5.42. The second-order valence-electron chi connectivity index (χ2n) is 2.64. The van der Waals surface area contributed by atoms with E-state index in [9.17, 15) is 0 Å². The van der Waals surface area contributed by atoms with Crippen molar-refractivity contribution in [2.75, 3.05) is 7.11 Å². The van der Waals surface area contributed by atoms with Crippen LogP contribution in [-0.2, 0) is 13.1 Å². The van der Waals surface area contributed by atoms with Crippen LogP contribution < -0.4 is 10.1 Å². The summed E-state index contributed by atoms with van der Waals surface area (Å²) in [5, 5.41) is 4.28. The number of benzene rings is 1. The number of hydrogen-bond donors (Lipinski definition) is 0. The Bertz CT molecular complexity index is 270. The highest BCUT2D eigenvalue weighted by atomic mass is 16.5. The van der Waals surface area contributed by atoms with Gasteiger partial charge in [0.1, 0.15) is 5.75 Å². The zero-order valence-electron chi connectivity index (χ0n) is 6.50. The number of nitrogens with zero attached hydrogens (tertiary/aromatic N) is 1. The molecule has 0 aliphatic carbocycles. The molecule has 57 valence electrons. The van der Waals surface area contributed by atoms with E-state index in [1.54, 1.807) is 7.11 Å². The third kappa shape index (κ3) is 0.994. The number of hydrogen-bond acceptors (Lipinski definition) is 1. The largest absolute Gasteiger partial charge is 0.496 e. The SMILES string of the molecule is COc1cccc2c1C[N]C2. The van der Waals surface area contributed by atoms with Crippen LogP contribution >= 0.6 is 0 Å². The van der Waals surface area contributed by atoms with Crippen molar-refractivity contribution in [1.82, 2.24) is 5.32 Å². The van der Waals surface area contributed by atoms with Gasteiger partial charge in [-0.2, -0.15) is 0 Å². The van der Waals surface area contributed by atoms with Gasteiger partial charge in [-0.15, -0.1) is 0 Å². The molecule has 0 fully saturated rings. The summed E-state index contributed by atoms with van der Waals surface area (Å²) in [6.07, 6.45) is 0. The van der Waals surface area contributed by atoms with Crippen molar-refractivity contribution >= 4 is 0 Å². The zero-order chi connectivity index (χ0) is 7.68. The van der Waals surface area contributed by atoms with Crippen molar-refractivity contribution in [2.45, 2.75) is 13.1 Å². The molecule has 1 aromatic rings. The van der Waals surface area contributed by atoms with Gasteiger partial charge in [0.15, 0.2) is 0 Å². The molecule has 11 heavy (non-hydrogen) atoms. The van der Waals surface area contributed by atoms with Gasteiger partial charge in [-0.1, -0.05) is 12.1 Å². The molecule has 1 heterocycles. The van der Waals surface area contributed by atoms with Gasteiger partial charge < -0.3 is 4.74 Å². The minimum atomic E-state index is 0.819. The van der Waals surface area contributed by atoms with Gasteiger partial charge in [0.05, 0.1) is 7.11 Å². The molecule has 2 heteroatoms. The van der Waals surface area contributed by atoms with Gasteiger partial charge >= 0.3 is 0 Å². The number of rotatable bonds is 1. The van der Waals surface area contributed by atoms with Crippen LogP contribution in [0.2, 0.25) is 0 Å². The van der Waals surface area contributed by atoms with Crippen molar-refractivity contribution in [3.05, 3.63) is 29.3 Å². The fraction of sp³-hybridized carbons (Fsp3) is 0.333. The summed E-state index contributed by atoms with van der Waals surface area (Å²) < 4.78 is 5.20. The highest BCUT2D eigenvalue weighted by Gasteiger charge is 2.14. The highest BCUT2D eigenvalue weighted by molar-refractivity contribution is 5.42. The second kappa shape index (κ2) is 2.55. The topological polar surface area (TPSA) is 23.3 Å². The molecular formula is C9H10NO. The lowest BCUT2D eigenvalue weighted by Crippen LogP contribution is -1.91. The van der Waals surface area contributed by atoms with E-state index in [4.69, 9.17) is 4.74 Å². The molecule has 1 aliphatic rings. The van der Waals surface area contributed by atoms with Crippen molar-refractivity contribution in [1.29, 1.82) is 0 Å². The number of ether oxygens (including phenoxy) is 1. The Morgan fingerprint density at radius 3 is 3.09 bits per heavy atom. The molecule has 1 aromatic carbocycles. The molecule has 0 N–H and O–H groups in total. The van der Waals surface area contributed by atoms with Crippen LogP contribution in [0.4, 0.5) is 0 Å². The molecule has 0 bridgehead atoms. The molecule has 0 saturated heterocycles. The molecule has 0 spiro atoms. The van der Waals surface area contributed by atoms with Crippen molar-refractivity contribution in [3.63, 3.8) is 0 Å². The predicted molar refractivity (Wildman–Crippen MR) is 42.5 cm³/mol. The molecule has 1 aliphatic heterocycles. The first kappa shape index (κ1) is 6.68. The van der Waals surface area contributed by atoms with E-state index in [-0.39, 0.29) is 0 Å². The van der Waals surface area contributed by atoms with E-state index >= 15 is 0 Å². The lowest BCUT2D eigenvalue weighted by Gasteiger charge is -2.04. The summed E-state index contributed by atoms with van der Waals surface area (Å²) in [4.78, 5) is 0. The van der Waals surface area contributed by atoms with Gasteiger partial charge in [-0.3, -0.25) is 0 Å². The molecular weight excluding hydrogens is 138 g/mol. The normalized spacial score (nSPS) is 14.6. The summed E-state index contributed by atoms with van der Waals surface area (Å²) >= 11 is 0. The molecule has 1 radical (unpaired) electrons. The number of fused-ring (bicyclic) bond motifs is 1. The van der Waals surface area contributed by atoms with Crippen LogP contribution in [-0.4, -0.2) is 7.11 Å². The van der Waals surface area contributed by atoms with Gasteiger partial charge in [0, 0.05) is 18.7 Å². The van der Waals surface area contributed by atoms with Gasteiger partial charge in [0.2, 0.25) is 0 Å². The van der Waals surface area contributed by atoms with Crippen molar-refractivity contribution in [2.24, 2.45) is 0 Å². The second-order valence-corrected chi connectivity index (χ2v) is 2.64. The minimum Gasteiger partial charge on any atom is -0.496 e. The Morgan fingerprint density at radius 1 is 1.36 bits per heavy atom. The van der Waals surface area contributed by atoms with E-state index in [1.807, 2.05) is 12.1 Å². The molecule has 2 nitrogen and oxygen atoms in total. The van der Waals surface area contributed by atoms with Crippen LogP contribution in [0.5, 0.6) is 5.75 Å². The fourth-order valence-corrected chi connectivity index (χ4v) is 1.42. The summed E-state index contributed by atoms with van der Waals surface area (Å²) in [5.74, 6) is 0.976. The van der Waals surface area contributed by atoms with Crippen molar-refractivity contribution < 1.29 is 4.74 Å². The standard InChI is InChI=1S/C9H10NO/c1-11-9-4-2-3-7-5-10-6-8(7)9/h2-4H,5-6H2,1H3. The van der Waals surface area contributed by atoms with Crippen molar-refractivity contribution in [3.8, 4) is 5.75 Å². The molecule has 0 aromatic heterocycles. The van der Waals surface area contributed by atoms with Crippen LogP contribution in [0.25, 0.3) is 0 Å². The molecule has 0 amide bonds. The van der Waals surface area contributed by atoms with E-state index in [0.717, 1.165) is 18.8 Å². The van der Waals surface area contributed by atoms with Gasteiger partial charge in [0.25, 0.3) is 0 Å². The lowest BCUT2D eigenvalue weighted by atomic mass is 10.1. The van der Waals surface area contributed by atoms with E-state index in [0.29, 0.717) is 0 Å². The van der Waals surface area contributed by atoms with E-state index in [1.165, 1.54) is 11.1 Å². The zero-order valence-corrected chi connectivity index (χ0v) is 6.50. The maximum absolute atomic E-state index is 5.20. The summed E-state index contributed by atoms with van der Waals surface area (Å²) in [6, 6.07) is 6.10. The Hall–Kier alpha value is -1.02. The predicted octanol–water partition coefficient (Wildman–Crippen LogP) is 1.31. The minimum absolute atomic E-state index is 0.819. The third-order valence-electron chi connectivity index (χ3n) is 2.00. The van der Waals surface area contributed by atoms with Gasteiger partial charge in [-0.25, -0.2) is 5.32 Å². The Balaban J connectivity index is 2.50.